The van der Waals surface area contributed by atoms with E-state index in [1.165, 1.54) is 12.7 Å². The van der Waals surface area contributed by atoms with E-state index in [1.807, 2.05) is 12.1 Å². The van der Waals surface area contributed by atoms with Gasteiger partial charge in [-0.05, 0) is 48.8 Å². The minimum Gasteiger partial charge on any atom is -0.465 e. The zero-order valence-electron chi connectivity index (χ0n) is 13.2. The van der Waals surface area contributed by atoms with Gasteiger partial charge in [-0.3, -0.25) is 4.79 Å². The van der Waals surface area contributed by atoms with Gasteiger partial charge in [-0.1, -0.05) is 30.7 Å². The molecule has 0 unspecified atom stereocenters. The third kappa shape index (κ3) is 2.49. The summed E-state index contributed by atoms with van der Waals surface area (Å²) < 4.78 is 4.72. The minimum atomic E-state index is -0.315. The maximum absolute atomic E-state index is 12.2. The number of carbonyl (C=O) groups is 2. The molecule has 116 valence electrons. The highest BCUT2D eigenvalue weighted by atomic mass is 16.5. The number of ether oxygens (including phenoxy) is 1. The van der Waals surface area contributed by atoms with Gasteiger partial charge in [-0.2, -0.15) is 0 Å². The summed E-state index contributed by atoms with van der Waals surface area (Å²) in [5.74, 6) is 0.338. The predicted octanol–water partition coefficient (Wildman–Crippen LogP) is 4.03. The molecule has 0 heterocycles. The Hall–Kier alpha value is -1.90. The van der Waals surface area contributed by atoms with Crippen molar-refractivity contribution in [2.75, 3.05) is 7.11 Å². The highest BCUT2D eigenvalue weighted by Crippen LogP contribution is 2.54. The molecule has 3 nitrogen and oxygen atoms in total. The van der Waals surface area contributed by atoms with Gasteiger partial charge in [0.1, 0.15) is 5.78 Å². The van der Waals surface area contributed by atoms with Gasteiger partial charge in [0.15, 0.2) is 0 Å². The van der Waals surface area contributed by atoms with Crippen LogP contribution in [0, 0.1) is 11.3 Å². The van der Waals surface area contributed by atoms with Crippen LogP contribution in [0.25, 0.3) is 6.08 Å². The van der Waals surface area contributed by atoms with Gasteiger partial charge >= 0.3 is 5.97 Å². The first-order valence-corrected chi connectivity index (χ1v) is 7.97. The zero-order chi connectivity index (χ0) is 15.7. The van der Waals surface area contributed by atoms with Crippen LogP contribution in [0.2, 0.25) is 0 Å². The van der Waals surface area contributed by atoms with Crippen molar-refractivity contribution in [3.05, 3.63) is 41.0 Å². The summed E-state index contributed by atoms with van der Waals surface area (Å²) in [4.78, 5) is 23.6. The number of esters is 1. The number of rotatable bonds is 2. The van der Waals surface area contributed by atoms with E-state index in [0.717, 1.165) is 37.7 Å². The molecule has 3 heteroatoms. The van der Waals surface area contributed by atoms with Crippen LogP contribution in [0.4, 0.5) is 0 Å². The lowest BCUT2D eigenvalue weighted by Gasteiger charge is -2.36. The molecule has 2 atom stereocenters. The normalized spacial score (nSPS) is 29.5. The second-order valence-electron chi connectivity index (χ2n) is 6.61. The number of benzene rings is 1. The Morgan fingerprint density at radius 2 is 2.00 bits per heavy atom. The Bertz CT molecular complexity index is 627. The molecule has 0 aliphatic heterocycles. The molecule has 22 heavy (non-hydrogen) atoms. The first-order chi connectivity index (χ1) is 10.5. The second kappa shape index (κ2) is 5.71. The molecule has 0 bridgehead atoms. The van der Waals surface area contributed by atoms with Gasteiger partial charge in [0.2, 0.25) is 0 Å². The lowest BCUT2D eigenvalue weighted by atomic mass is 9.67. The van der Waals surface area contributed by atoms with E-state index in [9.17, 15) is 9.59 Å². The first kappa shape index (κ1) is 15.0. The molecule has 0 aromatic heterocycles. The van der Waals surface area contributed by atoms with Crippen molar-refractivity contribution >= 4 is 17.8 Å². The number of carbonyl (C=O) groups excluding carboxylic acids is 2. The summed E-state index contributed by atoms with van der Waals surface area (Å²) >= 11 is 0. The van der Waals surface area contributed by atoms with Crippen LogP contribution in [-0.2, 0) is 9.53 Å². The van der Waals surface area contributed by atoms with Crippen LogP contribution < -0.4 is 0 Å². The predicted molar refractivity (Wildman–Crippen MR) is 85.4 cm³/mol. The number of allylic oxidation sites excluding steroid dienone is 1. The van der Waals surface area contributed by atoms with Gasteiger partial charge in [-0.15, -0.1) is 0 Å². The smallest absolute Gasteiger partial charge is 0.337 e. The van der Waals surface area contributed by atoms with E-state index >= 15 is 0 Å². The molecule has 2 saturated carbocycles. The van der Waals surface area contributed by atoms with Crippen LogP contribution in [-0.4, -0.2) is 18.9 Å². The molecule has 0 spiro atoms. The highest BCUT2D eigenvalue weighted by Gasteiger charge is 2.47. The summed E-state index contributed by atoms with van der Waals surface area (Å²) in [6.45, 7) is 2.25. The van der Waals surface area contributed by atoms with Gasteiger partial charge in [0.25, 0.3) is 0 Å². The fourth-order valence-corrected chi connectivity index (χ4v) is 4.05. The number of hydrogen-bond donors (Lipinski definition) is 0. The van der Waals surface area contributed by atoms with Gasteiger partial charge in [0.05, 0.1) is 12.7 Å². The second-order valence-corrected chi connectivity index (χ2v) is 6.61. The molecular formula is C19H22O3. The Labute approximate surface area is 131 Å². The van der Waals surface area contributed by atoms with Crippen LogP contribution in [0.3, 0.4) is 0 Å². The Balaban J connectivity index is 1.86. The van der Waals surface area contributed by atoms with Crippen molar-refractivity contribution in [3.8, 4) is 0 Å². The zero-order valence-corrected chi connectivity index (χ0v) is 13.2. The summed E-state index contributed by atoms with van der Waals surface area (Å²) in [5.41, 5.74) is 3.07. The summed E-state index contributed by atoms with van der Waals surface area (Å²) in [6.07, 6.45) is 7.06. The van der Waals surface area contributed by atoms with Gasteiger partial charge in [-0.25, -0.2) is 4.79 Å². The average molecular weight is 298 g/mol. The summed E-state index contributed by atoms with van der Waals surface area (Å²) in [6, 6.07) is 7.47. The van der Waals surface area contributed by atoms with E-state index < -0.39 is 0 Å². The summed E-state index contributed by atoms with van der Waals surface area (Å²) in [7, 11) is 1.39. The van der Waals surface area contributed by atoms with E-state index in [1.54, 1.807) is 12.1 Å². The number of hydrogen-bond acceptors (Lipinski definition) is 3. The molecule has 2 fully saturated rings. The van der Waals surface area contributed by atoms with Gasteiger partial charge < -0.3 is 4.74 Å². The number of methoxy groups -OCH3 is 1. The van der Waals surface area contributed by atoms with Crippen LogP contribution in [0.15, 0.2) is 29.8 Å². The molecular weight excluding hydrogens is 276 g/mol. The molecule has 0 saturated heterocycles. The van der Waals surface area contributed by atoms with Gasteiger partial charge in [0, 0.05) is 12.3 Å². The van der Waals surface area contributed by atoms with E-state index in [4.69, 9.17) is 4.74 Å². The van der Waals surface area contributed by atoms with E-state index in [2.05, 4.69) is 13.0 Å². The largest absolute Gasteiger partial charge is 0.465 e. The number of ketones is 1. The minimum absolute atomic E-state index is 0.0380. The SMILES string of the molecule is COC(=O)c1ccc(/C=C2\CC[C@H]3C(=O)CCC[C@]23C)cc1. The van der Waals surface area contributed by atoms with E-state index in [0.29, 0.717) is 11.3 Å². The Kier molecular flexibility index (Phi) is 3.90. The Morgan fingerprint density at radius 3 is 2.68 bits per heavy atom. The fourth-order valence-electron chi connectivity index (χ4n) is 4.05. The fraction of sp³-hybridized carbons (Fsp3) is 0.474. The van der Waals surface area contributed by atoms with Crippen LogP contribution >= 0.6 is 0 Å². The van der Waals surface area contributed by atoms with Crippen LogP contribution in [0.1, 0.15) is 54.9 Å². The standard InChI is InChI=1S/C19H22O3/c1-19-11-3-4-17(20)16(19)10-9-15(19)12-13-5-7-14(8-6-13)18(21)22-2/h5-8,12,16H,3-4,9-11H2,1-2H3/b15-12+/t16-,19+/m0/s1. The summed E-state index contributed by atoms with van der Waals surface area (Å²) in [5, 5.41) is 0. The quantitative estimate of drug-likeness (QED) is 0.774. The highest BCUT2D eigenvalue weighted by molar-refractivity contribution is 5.89. The van der Waals surface area contributed by atoms with Crippen molar-refractivity contribution < 1.29 is 14.3 Å². The molecule has 1 aromatic carbocycles. The van der Waals surface area contributed by atoms with Crippen molar-refractivity contribution in [2.45, 2.75) is 39.0 Å². The maximum Gasteiger partial charge on any atom is 0.337 e. The maximum atomic E-state index is 12.2. The molecule has 0 radical (unpaired) electrons. The topological polar surface area (TPSA) is 43.4 Å². The Morgan fingerprint density at radius 1 is 1.27 bits per heavy atom. The first-order valence-electron chi connectivity index (χ1n) is 7.97. The molecule has 2 aliphatic rings. The number of fused-ring (bicyclic) bond motifs is 1. The third-order valence-electron chi connectivity index (χ3n) is 5.39. The lowest BCUT2D eigenvalue weighted by Crippen LogP contribution is -2.33. The average Bonchev–Trinajstić information content (AvgIpc) is 2.85. The van der Waals surface area contributed by atoms with E-state index in [-0.39, 0.29) is 17.3 Å². The molecule has 3 rings (SSSR count). The monoisotopic (exact) mass is 298 g/mol. The van der Waals surface area contributed by atoms with Crippen molar-refractivity contribution in [1.82, 2.24) is 0 Å². The molecule has 0 amide bonds. The van der Waals surface area contributed by atoms with Crippen molar-refractivity contribution in [1.29, 1.82) is 0 Å². The van der Waals surface area contributed by atoms with Crippen molar-refractivity contribution in [3.63, 3.8) is 0 Å². The van der Waals surface area contributed by atoms with Crippen molar-refractivity contribution in [2.24, 2.45) is 11.3 Å². The molecule has 1 aromatic rings. The van der Waals surface area contributed by atoms with Crippen LogP contribution in [0.5, 0.6) is 0 Å². The lowest BCUT2D eigenvalue weighted by molar-refractivity contribution is -0.127. The molecule has 0 N–H and O–H groups in total. The molecule has 2 aliphatic carbocycles. The number of Topliss-reactive ketones (excluding diaryl/α,β-unsaturated/α-hetero) is 1. The third-order valence-corrected chi connectivity index (χ3v) is 5.39.